The predicted molar refractivity (Wildman–Crippen MR) is 128 cm³/mol. The number of benzene rings is 1. The number of rotatable bonds is 10. The quantitative estimate of drug-likeness (QED) is 0.0809. The molecule has 2 rings (SSSR count). The number of aliphatic carboxylic acids is 1. The van der Waals surface area contributed by atoms with Crippen LogP contribution >= 0.6 is 0 Å². The Morgan fingerprint density at radius 2 is 1.85 bits per heavy atom. The van der Waals surface area contributed by atoms with Crippen molar-refractivity contribution in [1.29, 1.82) is 0 Å². The molecule has 0 bridgehead atoms. The van der Waals surface area contributed by atoms with Gasteiger partial charge < -0.3 is 31.3 Å². The van der Waals surface area contributed by atoms with E-state index < -0.39 is 49.1 Å². The molecule has 1 amide bonds. The van der Waals surface area contributed by atoms with E-state index >= 15 is 0 Å². The number of anilines is 1. The lowest BCUT2D eigenvalue weighted by atomic mass is 10.3. The lowest BCUT2D eigenvalue weighted by molar-refractivity contribution is -0.385. The van der Waals surface area contributed by atoms with Crippen molar-refractivity contribution in [2.24, 2.45) is 16.6 Å². The molecule has 0 aliphatic heterocycles. The average molecular weight is 581 g/mol. The van der Waals surface area contributed by atoms with E-state index in [1.165, 1.54) is 18.2 Å². The highest BCUT2D eigenvalue weighted by molar-refractivity contribution is 7.92. The molecule has 0 unspecified atom stereocenters. The van der Waals surface area contributed by atoms with Gasteiger partial charge in [0.1, 0.15) is 18.8 Å². The minimum atomic E-state index is -5.08. The molecule has 2 aromatic rings. The standard InChI is InChI=1S/C17H21N7O7S.C2HF3O2/c1-11-5-6-14(22-32(29,30)13-4-2-3-12(9-13)24(27)28)16(26)23(11)10-15(25)20-7-8-31-21-17(18)19;3-2(4,5)1(6)7/h2-6,9,22H,7-8,10H2,1H3,(H,20,25)(H4,18,19,21);(H,6,7). The summed E-state index contributed by atoms with van der Waals surface area (Å²) in [7, 11) is -4.30. The number of carbonyl (C=O) groups excluding carboxylic acids is 1. The Labute approximate surface area is 217 Å². The highest BCUT2D eigenvalue weighted by Crippen LogP contribution is 2.19. The van der Waals surface area contributed by atoms with Gasteiger partial charge in [-0.3, -0.25) is 24.4 Å². The third-order valence-electron chi connectivity index (χ3n) is 4.21. The minimum absolute atomic E-state index is 0.0133. The van der Waals surface area contributed by atoms with E-state index in [0.717, 1.165) is 22.8 Å². The predicted octanol–water partition coefficient (Wildman–Crippen LogP) is -0.180. The first-order valence-corrected chi connectivity index (χ1v) is 11.7. The van der Waals surface area contributed by atoms with Crippen molar-refractivity contribution in [2.75, 3.05) is 17.9 Å². The number of carboxylic acids is 1. The Morgan fingerprint density at radius 1 is 1.23 bits per heavy atom. The number of aromatic nitrogens is 1. The van der Waals surface area contributed by atoms with Crippen molar-refractivity contribution in [1.82, 2.24) is 9.88 Å². The SMILES string of the molecule is Cc1ccc(NS(=O)(=O)c2cccc([N+](=O)[O-])c2)c(=O)n1CC(=O)NCCON=C(N)N.O=C(O)C(F)(F)F. The number of guanidine groups is 1. The van der Waals surface area contributed by atoms with Gasteiger partial charge in [0.2, 0.25) is 11.9 Å². The fourth-order valence-electron chi connectivity index (χ4n) is 2.47. The number of alkyl halides is 3. The molecular weight excluding hydrogens is 559 g/mol. The number of hydrogen-bond acceptors (Lipinski definition) is 9. The first-order valence-electron chi connectivity index (χ1n) is 10.2. The molecule has 0 fully saturated rings. The normalized spacial score (nSPS) is 10.9. The fraction of sp³-hybridized carbons (Fsp3) is 0.263. The molecule has 20 heteroatoms. The lowest BCUT2D eigenvalue weighted by Crippen LogP contribution is -2.36. The summed E-state index contributed by atoms with van der Waals surface area (Å²) in [5, 5.41) is 23.8. The van der Waals surface area contributed by atoms with E-state index in [2.05, 4.69) is 15.2 Å². The molecule has 0 atom stereocenters. The summed E-state index contributed by atoms with van der Waals surface area (Å²) in [5.74, 6) is -3.57. The summed E-state index contributed by atoms with van der Waals surface area (Å²) in [6.45, 7) is 1.22. The number of pyridine rings is 1. The van der Waals surface area contributed by atoms with E-state index in [1.807, 2.05) is 0 Å². The van der Waals surface area contributed by atoms with Crippen LogP contribution in [0.5, 0.6) is 0 Å². The van der Waals surface area contributed by atoms with Gasteiger partial charge in [-0.15, -0.1) is 0 Å². The highest BCUT2D eigenvalue weighted by atomic mass is 32.2. The number of nitrogens with one attached hydrogen (secondary N) is 2. The number of carboxylic acid groups (broad SMARTS) is 1. The Kier molecular flexibility index (Phi) is 11.2. The molecule has 0 aliphatic rings. The number of nitro benzene ring substituents is 1. The van der Waals surface area contributed by atoms with Crippen molar-refractivity contribution in [3.05, 3.63) is 62.6 Å². The molecule has 16 nitrogen and oxygen atoms in total. The average Bonchev–Trinajstić information content (AvgIpc) is 2.83. The summed E-state index contributed by atoms with van der Waals surface area (Å²) >= 11 is 0. The summed E-state index contributed by atoms with van der Waals surface area (Å²) < 4.78 is 60.1. The number of halogens is 3. The van der Waals surface area contributed by atoms with E-state index in [4.69, 9.17) is 26.2 Å². The molecular formula is C19H22F3N7O9S. The van der Waals surface area contributed by atoms with Gasteiger partial charge in [-0.05, 0) is 30.3 Å². The lowest BCUT2D eigenvalue weighted by Gasteiger charge is -2.13. The zero-order valence-corrected chi connectivity index (χ0v) is 20.7. The van der Waals surface area contributed by atoms with Gasteiger partial charge in [0.05, 0.1) is 16.4 Å². The zero-order valence-electron chi connectivity index (χ0n) is 19.8. The molecule has 0 saturated carbocycles. The maximum absolute atomic E-state index is 12.7. The third kappa shape index (κ3) is 10.6. The fourth-order valence-corrected chi connectivity index (χ4v) is 3.56. The second-order valence-corrected chi connectivity index (χ2v) is 8.82. The maximum Gasteiger partial charge on any atom is 0.490 e. The molecule has 0 aliphatic carbocycles. The Morgan fingerprint density at radius 3 is 2.38 bits per heavy atom. The highest BCUT2D eigenvalue weighted by Gasteiger charge is 2.38. The first kappa shape index (κ1) is 32.1. The van der Waals surface area contributed by atoms with E-state index in [0.29, 0.717) is 5.69 Å². The molecule has 0 spiro atoms. The van der Waals surface area contributed by atoms with Gasteiger partial charge in [-0.1, -0.05) is 6.07 Å². The van der Waals surface area contributed by atoms with E-state index in [-0.39, 0.29) is 31.3 Å². The summed E-state index contributed by atoms with van der Waals surface area (Å²) in [6.07, 6.45) is -5.08. The minimum Gasteiger partial charge on any atom is -0.475 e. The van der Waals surface area contributed by atoms with Crippen LogP contribution in [0.4, 0.5) is 24.5 Å². The molecule has 0 saturated heterocycles. The van der Waals surface area contributed by atoms with Crippen LogP contribution in [-0.2, 0) is 31.0 Å². The number of nitro groups is 1. The zero-order chi connectivity index (χ0) is 30.0. The largest absolute Gasteiger partial charge is 0.490 e. The van der Waals surface area contributed by atoms with Crippen LogP contribution in [0.25, 0.3) is 0 Å². The van der Waals surface area contributed by atoms with Crippen LogP contribution in [0.1, 0.15) is 5.69 Å². The van der Waals surface area contributed by atoms with Gasteiger partial charge in [0, 0.05) is 17.8 Å². The summed E-state index contributed by atoms with van der Waals surface area (Å²) in [6, 6.07) is 7.05. The van der Waals surface area contributed by atoms with Crippen LogP contribution in [-0.4, -0.2) is 60.2 Å². The van der Waals surface area contributed by atoms with Crippen molar-refractivity contribution in [3.63, 3.8) is 0 Å². The number of nitrogens with zero attached hydrogens (tertiary/aromatic N) is 3. The van der Waals surface area contributed by atoms with Crippen LogP contribution in [0, 0.1) is 17.0 Å². The number of carbonyl (C=O) groups is 2. The molecule has 39 heavy (non-hydrogen) atoms. The van der Waals surface area contributed by atoms with E-state index in [9.17, 15) is 41.3 Å². The molecule has 1 aromatic heterocycles. The van der Waals surface area contributed by atoms with Crippen molar-refractivity contribution in [2.45, 2.75) is 24.5 Å². The first-order chi connectivity index (χ1) is 18.0. The smallest absolute Gasteiger partial charge is 0.475 e. The second kappa shape index (κ2) is 13.6. The van der Waals surface area contributed by atoms with E-state index in [1.54, 1.807) is 6.92 Å². The topological polar surface area (TPSA) is 251 Å². The van der Waals surface area contributed by atoms with Crippen LogP contribution < -0.4 is 27.1 Å². The number of sulfonamides is 1. The number of nitrogens with two attached hydrogens (primary N) is 2. The number of amides is 1. The number of non-ortho nitro benzene ring substituents is 1. The van der Waals surface area contributed by atoms with Crippen LogP contribution in [0.2, 0.25) is 0 Å². The Balaban J connectivity index is 0.000000956. The molecule has 0 radical (unpaired) electrons. The van der Waals surface area contributed by atoms with Crippen molar-refractivity contribution in [3.8, 4) is 0 Å². The van der Waals surface area contributed by atoms with Gasteiger partial charge in [0.25, 0.3) is 21.3 Å². The number of hydrogen-bond donors (Lipinski definition) is 5. The van der Waals surface area contributed by atoms with Crippen LogP contribution in [0.15, 0.2) is 51.2 Å². The molecule has 1 aromatic carbocycles. The summed E-state index contributed by atoms with van der Waals surface area (Å²) in [5.41, 5.74) is 9.05. The Bertz CT molecular complexity index is 1410. The van der Waals surface area contributed by atoms with Crippen LogP contribution in [0.3, 0.4) is 0 Å². The van der Waals surface area contributed by atoms with Gasteiger partial charge in [-0.2, -0.15) is 13.2 Å². The third-order valence-corrected chi connectivity index (χ3v) is 5.57. The van der Waals surface area contributed by atoms with Gasteiger partial charge >= 0.3 is 12.1 Å². The summed E-state index contributed by atoms with van der Waals surface area (Å²) in [4.78, 5) is 48.2. The number of aryl methyl sites for hydroxylation is 1. The van der Waals surface area contributed by atoms with Gasteiger partial charge in [0.15, 0.2) is 0 Å². The van der Waals surface area contributed by atoms with Gasteiger partial charge in [-0.25, -0.2) is 13.2 Å². The second-order valence-electron chi connectivity index (χ2n) is 7.14. The maximum atomic E-state index is 12.7. The monoisotopic (exact) mass is 581 g/mol. The Hall–Kier alpha value is -4.88. The molecule has 1 heterocycles. The number of oxime groups is 1. The molecule has 214 valence electrons. The molecule has 7 N–H and O–H groups in total. The van der Waals surface area contributed by atoms with Crippen molar-refractivity contribution < 1.29 is 46.0 Å². The van der Waals surface area contributed by atoms with Crippen molar-refractivity contribution >= 4 is 39.2 Å².